The Morgan fingerprint density at radius 3 is 2.23 bits per heavy atom. The standard InChI is InChI=1S/C27H23NO2/c1-18-13-15-20(16-14-18)25-24-21-11-7-8-12-22(21)28(3)26(29)27(24,2)17-23(30-25)19-9-5-4-6-10-19/h4-17H,1-3H3. The van der Waals surface area contributed by atoms with Crippen LogP contribution >= 0.6 is 0 Å². The Morgan fingerprint density at radius 1 is 0.833 bits per heavy atom. The summed E-state index contributed by atoms with van der Waals surface area (Å²) >= 11 is 0. The van der Waals surface area contributed by atoms with Crippen molar-refractivity contribution in [2.75, 3.05) is 11.9 Å². The zero-order valence-corrected chi connectivity index (χ0v) is 17.3. The van der Waals surface area contributed by atoms with Gasteiger partial charge in [-0.1, -0.05) is 78.4 Å². The predicted octanol–water partition coefficient (Wildman–Crippen LogP) is 5.92. The number of hydrogen-bond donors (Lipinski definition) is 0. The smallest absolute Gasteiger partial charge is 0.241 e. The lowest BCUT2D eigenvalue weighted by molar-refractivity contribution is -0.122. The number of fused-ring (bicyclic) bond motifs is 3. The van der Waals surface area contributed by atoms with Crippen LogP contribution in [0, 0.1) is 12.3 Å². The number of rotatable bonds is 2. The first-order valence-corrected chi connectivity index (χ1v) is 10.1. The molecule has 0 aliphatic carbocycles. The quantitative estimate of drug-likeness (QED) is 0.541. The van der Waals surface area contributed by atoms with Gasteiger partial charge < -0.3 is 9.64 Å². The average molecular weight is 393 g/mol. The van der Waals surface area contributed by atoms with Gasteiger partial charge in [0.25, 0.3) is 0 Å². The van der Waals surface area contributed by atoms with Crippen molar-refractivity contribution in [3.63, 3.8) is 0 Å². The van der Waals surface area contributed by atoms with Crippen LogP contribution in [-0.4, -0.2) is 13.0 Å². The molecule has 0 aromatic heterocycles. The van der Waals surface area contributed by atoms with E-state index in [0.29, 0.717) is 5.76 Å². The first-order valence-electron chi connectivity index (χ1n) is 10.1. The largest absolute Gasteiger partial charge is 0.456 e. The van der Waals surface area contributed by atoms with Crippen LogP contribution in [0.1, 0.15) is 29.2 Å². The van der Waals surface area contributed by atoms with E-state index in [4.69, 9.17) is 4.74 Å². The van der Waals surface area contributed by atoms with E-state index in [9.17, 15) is 4.79 Å². The topological polar surface area (TPSA) is 29.5 Å². The van der Waals surface area contributed by atoms with Crippen molar-refractivity contribution in [3.05, 3.63) is 107 Å². The van der Waals surface area contributed by atoms with Gasteiger partial charge in [-0.25, -0.2) is 0 Å². The predicted molar refractivity (Wildman–Crippen MR) is 121 cm³/mol. The number of para-hydroxylation sites is 1. The van der Waals surface area contributed by atoms with Crippen molar-refractivity contribution in [1.29, 1.82) is 0 Å². The third-order valence-corrected chi connectivity index (χ3v) is 6.03. The summed E-state index contributed by atoms with van der Waals surface area (Å²) < 4.78 is 6.54. The molecule has 148 valence electrons. The van der Waals surface area contributed by atoms with Crippen molar-refractivity contribution in [2.45, 2.75) is 13.8 Å². The molecule has 1 atom stereocenters. The number of carbonyl (C=O) groups excluding carboxylic acids is 1. The van der Waals surface area contributed by atoms with Gasteiger partial charge in [0.2, 0.25) is 5.91 Å². The number of carbonyl (C=O) groups is 1. The highest BCUT2D eigenvalue weighted by atomic mass is 16.5. The number of benzene rings is 3. The fraction of sp³-hybridized carbons (Fsp3) is 0.148. The molecule has 2 aliphatic heterocycles. The van der Waals surface area contributed by atoms with Gasteiger partial charge in [-0.05, 0) is 26.0 Å². The van der Waals surface area contributed by atoms with Crippen molar-refractivity contribution in [3.8, 4) is 0 Å². The van der Waals surface area contributed by atoms with Crippen LogP contribution in [0.2, 0.25) is 0 Å². The Hall–Kier alpha value is -3.59. The summed E-state index contributed by atoms with van der Waals surface area (Å²) in [6, 6.07) is 26.3. The van der Waals surface area contributed by atoms with Gasteiger partial charge >= 0.3 is 0 Å². The van der Waals surface area contributed by atoms with Crippen LogP contribution in [0.3, 0.4) is 0 Å². The second kappa shape index (κ2) is 6.74. The lowest BCUT2D eigenvalue weighted by Crippen LogP contribution is -2.45. The molecule has 3 aromatic rings. The molecule has 3 aromatic carbocycles. The molecule has 1 amide bonds. The molecule has 0 fully saturated rings. The minimum absolute atomic E-state index is 0.0394. The van der Waals surface area contributed by atoms with E-state index in [1.165, 1.54) is 5.56 Å². The van der Waals surface area contributed by atoms with E-state index in [1.54, 1.807) is 4.90 Å². The van der Waals surface area contributed by atoms with Gasteiger partial charge in [0.1, 0.15) is 11.5 Å². The highest BCUT2D eigenvalue weighted by Gasteiger charge is 2.48. The molecular weight excluding hydrogens is 370 g/mol. The number of anilines is 1. The highest BCUT2D eigenvalue weighted by molar-refractivity contribution is 6.18. The van der Waals surface area contributed by atoms with Gasteiger partial charge in [-0.2, -0.15) is 0 Å². The first-order chi connectivity index (χ1) is 14.5. The average Bonchev–Trinajstić information content (AvgIpc) is 2.78. The molecule has 3 nitrogen and oxygen atoms in total. The first kappa shape index (κ1) is 18.4. The second-order valence-electron chi connectivity index (χ2n) is 8.13. The molecule has 30 heavy (non-hydrogen) atoms. The number of aryl methyl sites for hydroxylation is 1. The summed E-state index contributed by atoms with van der Waals surface area (Å²) in [5.74, 6) is 1.49. The molecule has 5 rings (SSSR count). The van der Waals surface area contributed by atoms with Crippen LogP contribution in [0.5, 0.6) is 0 Å². The van der Waals surface area contributed by atoms with E-state index in [2.05, 4.69) is 37.3 Å². The summed E-state index contributed by atoms with van der Waals surface area (Å²) in [4.78, 5) is 15.4. The highest BCUT2D eigenvalue weighted by Crippen LogP contribution is 2.54. The van der Waals surface area contributed by atoms with E-state index < -0.39 is 5.41 Å². The van der Waals surface area contributed by atoms with Crippen LogP contribution in [0.15, 0.2) is 84.9 Å². The molecule has 2 aliphatic rings. The summed E-state index contributed by atoms with van der Waals surface area (Å²) in [7, 11) is 1.85. The zero-order chi connectivity index (χ0) is 20.9. The number of amides is 1. The lowest BCUT2D eigenvalue weighted by Gasteiger charge is -2.42. The van der Waals surface area contributed by atoms with Gasteiger partial charge in [0.15, 0.2) is 0 Å². The van der Waals surface area contributed by atoms with Crippen LogP contribution in [0.4, 0.5) is 5.69 Å². The number of nitrogens with zero attached hydrogens (tertiary/aromatic N) is 1. The summed E-state index contributed by atoms with van der Waals surface area (Å²) in [5.41, 5.74) is 5.13. The van der Waals surface area contributed by atoms with Gasteiger partial charge in [-0.15, -0.1) is 0 Å². The Morgan fingerprint density at radius 2 is 1.50 bits per heavy atom. The maximum absolute atomic E-state index is 13.6. The molecule has 0 saturated heterocycles. The van der Waals surface area contributed by atoms with Gasteiger partial charge in [0, 0.05) is 29.3 Å². The van der Waals surface area contributed by atoms with Crippen molar-refractivity contribution < 1.29 is 9.53 Å². The molecule has 3 heteroatoms. The van der Waals surface area contributed by atoms with Crippen molar-refractivity contribution in [1.82, 2.24) is 0 Å². The van der Waals surface area contributed by atoms with Crippen molar-refractivity contribution in [2.24, 2.45) is 5.41 Å². The fourth-order valence-electron chi connectivity index (χ4n) is 4.42. The molecule has 0 N–H and O–H groups in total. The third kappa shape index (κ3) is 2.70. The summed E-state index contributed by atoms with van der Waals surface area (Å²) in [6.45, 7) is 4.06. The van der Waals surface area contributed by atoms with Crippen LogP contribution in [0.25, 0.3) is 17.1 Å². The third-order valence-electron chi connectivity index (χ3n) is 6.03. The summed E-state index contributed by atoms with van der Waals surface area (Å²) in [6.07, 6.45) is 1.98. The minimum Gasteiger partial charge on any atom is -0.456 e. The molecule has 0 bridgehead atoms. The zero-order valence-electron chi connectivity index (χ0n) is 17.3. The van der Waals surface area contributed by atoms with E-state index in [1.807, 2.05) is 68.6 Å². The minimum atomic E-state index is -0.827. The molecule has 0 radical (unpaired) electrons. The molecule has 2 heterocycles. The SMILES string of the molecule is Cc1ccc(C2=C3c4ccccc4N(C)C(=O)C3(C)C=C(c3ccccc3)O2)cc1. The molecule has 1 unspecified atom stereocenters. The maximum atomic E-state index is 13.6. The van der Waals surface area contributed by atoms with E-state index in [0.717, 1.165) is 33.7 Å². The van der Waals surface area contributed by atoms with E-state index >= 15 is 0 Å². The molecule has 0 saturated carbocycles. The Bertz CT molecular complexity index is 1210. The normalized spacial score (nSPS) is 20.3. The summed E-state index contributed by atoms with van der Waals surface area (Å²) in [5, 5.41) is 0. The monoisotopic (exact) mass is 393 g/mol. The molecule has 0 spiro atoms. The van der Waals surface area contributed by atoms with Gasteiger partial charge in [0.05, 0.1) is 11.1 Å². The Balaban J connectivity index is 1.82. The lowest BCUT2D eigenvalue weighted by atomic mass is 9.71. The van der Waals surface area contributed by atoms with Crippen LogP contribution < -0.4 is 4.90 Å². The Labute approximate surface area is 176 Å². The Kier molecular flexibility index (Phi) is 4.14. The fourth-order valence-corrected chi connectivity index (χ4v) is 4.42. The maximum Gasteiger partial charge on any atom is 0.241 e. The van der Waals surface area contributed by atoms with E-state index in [-0.39, 0.29) is 5.91 Å². The second-order valence-corrected chi connectivity index (χ2v) is 8.13. The van der Waals surface area contributed by atoms with Gasteiger partial charge in [-0.3, -0.25) is 4.79 Å². The number of ether oxygens (including phenoxy) is 1. The number of hydrogen-bond acceptors (Lipinski definition) is 2. The molecular formula is C27H23NO2. The van der Waals surface area contributed by atoms with Crippen LogP contribution in [-0.2, 0) is 9.53 Å². The van der Waals surface area contributed by atoms with Crippen molar-refractivity contribution >= 4 is 28.7 Å².